The van der Waals surface area contributed by atoms with Crippen molar-refractivity contribution in [2.75, 3.05) is 13.6 Å². The van der Waals surface area contributed by atoms with Crippen LogP contribution in [0.3, 0.4) is 0 Å². The maximum Gasteiger partial charge on any atom is 0.239 e. The van der Waals surface area contributed by atoms with Crippen LogP contribution in [0.2, 0.25) is 0 Å². The van der Waals surface area contributed by atoms with Crippen molar-refractivity contribution in [2.45, 2.75) is 32.9 Å². The Morgan fingerprint density at radius 3 is 2.48 bits per heavy atom. The minimum Gasteiger partial charge on any atom is -0.439 e. The molecule has 29 heavy (non-hydrogen) atoms. The van der Waals surface area contributed by atoms with Crippen LogP contribution in [-0.4, -0.2) is 36.0 Å². The van der Waals surface area contributed by atoms with E-state index < -0.39 is 0 Å². The van der Waals surface area contributed by atoms with Crippen LogP contribution in [0, 0.1) is 5.82 Å². The van der Waals surface area contributed by atoms with E-state index in [1.165, 1.54) is 24.3 Å². The molecule has 2 rings (SSSR count). The van der Waals surface area contributed by atoms with Crippen LogP contribution in [0.15, 0.2) is 47.6 Å². The largest absolute Gasteiger partial charge is 0.439 e. The maximum absolute atomic E-state index is 13.0. The maximum atomic E-state index is 13.0. The minimum absolute atomic E-state index is 0. The Kier molecular flexibility index (Phi) is 9.79. The highest BCUT2D eigenvalue weighted by molar-refractivity contribution is 14.0. The van der Waals surface area contributed by atoms with Crippen molar-refractivity contribution in [1.82, 2.24) is 20.9 Å². The summed E-state index contributed by atoms with van der Waals surface area (Å²) in [4.78, 5) is 20.1. The van der Waals surface area contributed by atoms with Crippen molar-refractivity contribution in [3.05, 3.63) is 54.0 Å². The number of rotatable bonds is 6. The molecule has 158 valence electrons. The molecule has 0 unspecified atom stereocenters. The lowest BCUT2D eigenvalue weighted by atomic mass is 10.1. The van der Waals surface area contributed by atoms with Gasteiger partial charge in [-0.3, -0.25) is 9.79 Å². The van der Waals surface area contributed by atoms with Crippen molar-refractivity contribution < 1.29 is 13.9 Å². The number of carbonyl (C=O) groups is 1. The molecule has 0 radical (unpaired) electrons. The summed E-state index contributed by atoms with van der Waals surface area (Å²) in [5, 5.41) is 8.97. The van der Waals surface area contributed by atoms with Gasteiger partial charge < -0.3 is 20.7 Å². The van der Waals surface area contributed by atoms with Gasteiger partial charge in [0.1, 0.15) is 11.6 Å². The standard InChI is InChI=1S/C20H26FN5O2.HI/c1-20(2,3)26-17(27)13-25-19(22-4)24-12-14-9-10-23-18(11-14)28-16-7-5-15(21)6-8-16;/h5-11H,12-13H2,1-4H3,(H,26,27)(H2,22,24,25);1H. The first-order valence-electron chi connectivity index (χ1n) is 8.89. The molecule has 0 spiro atoms. The predicted octanol–water partition coefficient (Wildman–Crippen LogP) is 3.21. The zero-order valence-electron chi connectivity index (χ0n) is 17.0. The first-order valence-corrected chi connectivity index (χ1v) is 8.89. The van der Waals surface area contributed by atoms with Gasteiger partial charge in [0.25, 0.3) is 0 Å². The first kappa shape index (κ1) is 24.6. The van der Waals surface area contributed by atoms with Gasteiger partial charge in [0.05, 0.1) is 6.54 Å². The molecule has 0 aliphatic carbocycles. The second-order valence-electron chi connectivity index (χ2n) is 7.14. The normalized spacial score (nSPS) is 11.3. The number of aromatic nitrogens is 1. The Morgan fingerprint density at radius 2 is 1.86 bits per heavy atom. The lowest BCUT2D eigenvalue weighted by molar-refractivity contribution is -0.121. The summed E-state index contributed by atoms with van der Waals surface area (Å²) in [7, 11) is 1.63. The lowest BCUT2D eigenvalue weighted by Gasteiger charge is -2.21. The second-order valence-corrected chi connectivity index (χ2v) is 7.14. The molecule has 0 saturated heterocycles. The van der Waals surface area contributed by atoms with Crippen LogP contribution >= 0.6 is 24.0 Å². The summed E-state index contributed by atoms with van der Waals surface area (Å²) in [5.74, 6) is 0.962. The fourth-order valence-electron chi connectivity index (χ4n) is 2.27. The van der Waals surface area contributed by atoms with E-state index in [1.807, 2.05) is 26.8 Å². The Morgan fingerprint density at radius 1 is 1.17 bits per heavy atom. The molecule has 1 aromatic carbocycles. The van der Waals surface area contributed by atoms with Gasteiger partial charge in [0.15, 0.2) is 5.96 Å². The highest BCUT2D eigenvalue weighted by Gasteiger charge is 2.13. The average Bonchev–Trinajstić information content (AvgIpc) is 2.63. The fourth-order valence-corrected chi connectivity index (χ4v) is 2.27. The summed E-state index contributed by atoms with van der Waals surface area (Å²) in [5.41, 5.74) is 0.627. The summed E-state index contributed by atoms with van der Waals surface area (Å²) >= 11 is 0. The number of guanidine groups is 1. The SMILES string of the molecule is CN=C(NCC(=O)NC(C)(C)C)NCc1ccnc(Oc2ccc(F)cc2)c1.I. The molecule has 1 heterocycles. The molecule has 1 aromatic heterocycles. The van der Waals surface area contributed by atoms with Gasteiger partial charge in [-0.05, 0) is 56.7 Å². The zero-order valence-corrected chi connectivity index (χ0v) is 19.3. The number of hydrogen-bond donors (Lipinski definition) is 3. The van der Waals surface area contributed by atoms with E-state index in [9.17, 15) is 9.18 Å². The molecule has 7 nitrogen and oxygen atoms in total. The van der Waals surface area contributed by atoms with Crippen LogP contribution in [0.25, 0.3) is 0 Å². The van der Waals surface area contributed by atoms with Gasteiger partial charge >= 0.3 is 0 Å². The van der Waals surface area contributed by atoms with Crippen molar-refractivity contribution in [3.63, 3.8) is 0 Å². The highest BCUT2D eigenvalue weighted by atomic mass is 127. The summed E-state index contributed by atoms with van der Waals surface area (Å²) in [6, 6.07) is 9.34. The van der Waals surface area contributed by atoms with Gasteiger partial charge in [-0.1, -0.05) is 0 Å². The number of hydrogen-bond acceptors (Lipinski definition) is 4. The summed E-state index contributed by atoms with van der Waals surface area (Å²) in [6.45, 7) is 6.35. The first-order chi connectivity index (χ1) is 13.2. The highest BCUT2D eigenvalue weighted by Crippen LogP contribution is 2.20. The molecule has 0 aliphatic rings. The molecule has 0 aliphatic heterocycles. The quantitative estimate of drug-likeness (QED) is 0.313. The van der Waals surface area contributed by atoms with Crippen LogP contribution in [0.5, 0.6) is 11.6 Å². The number of aliphatic imine (C=N–C) groups is 1. The van der Waals surface area contributed by atoms with E-state index in [1.54, 1.807) is 19.3 Å². The van der Waals surface area contributed by atoms with Gasteiger partial charge in [-0.15, -0.1) is 24.0 Å². The van der Waals surface area contributed by atoms with Gasteiger partial charge in [0, 0.05) is 31.4 Å². The van der Waals surface area contributed by atoms with E-state index in [4.69, 9.17) is 4.74 Å². The molecule has 0 atom stereocenters. The van der Waals surface area contributed by atoms with Crippen molar-refractivity contribution in [2.24, 2.45) is 4.99 Å². The third kappa shape index (κ3) is 9.55. The number of pyridine rings is 1. The number of carbonyl (C=O) groups excluding carboxylic acids is 1. The van der Waals surface area contributed by atoms with Crippen molar-refractivity contribution >= 4 is 35.8 Å². The molecule has 1 amide bonds. The third-order valence-electron chi connectivity index (χ3n) is 3.45. The Bertz CT molecular complexity index is 822. The Balaban J connectivity index is 0.00000420. The zero-order chi connectivity index (χ0) is 20.6. The minimum atomic E-state index is -0.326. The molecule has 2 aromatic rings. The third-order valence-corrected chi connectivity index (χ3v) is 3.45. The van der Waals surface area contributed by atoms with Crippen LogP contribution in [0.4, 0.5) is 4.39 Å². The van der Waals surface area contributed by atoms with Crippen molar-refractivity contribution in [3.8, 4) is 11.6 Å². The molecular formula is C20H27FIN5O2. The average molecular weight is 515 g/mol. The smallest absolute Gasteiger partial charge is 0.239 e. The Labute approximate surface area is 187 Å². The monoisotopic (exact) mass is 515 g/mol. The Hall–Kier alpha value is -2.43. The predicted molar refractivity (Wildman–Crippen MR) is 122 cm³/mol. The molecule has 3 N–H and O–H groups in total. The number of nitrogens with zero attached hydrogens (tertiary/aromatic N) is 2. The van der Waals surface area contributed by atoms with E-state index in [0.29, 0.717) is 24.1 Å². The number of benzene rings is 1. The summed E-state index contributed by atoms with van der Waals surface area (Å²) < 4.78 is 18.6. The van der Waals surface area contributed by atoms with E-state index in [-0.39, 0.29) is 47.8 Å². The van der Waals surface area contributed by atoms with Gasteiger partial charge in [-0.25, -0.2) is 9.37 Å². The second kappa shape index (κ2) is 11.5. The topological polar surface area (TPSA) is 87.6 Å². The number of halogens is 2. The number of ether oxygens (including phenoxy) is 1. The van der Waals surface area contributed by atoms with Gasteiger partial charge in [-0.2, -0.15) is 0 Å². The number of nitrogens with one attached hydrogen (secondary N) is 3. The molecule has 9 heteroatoms. The van der Waals surface area contributed by atoms with Crippen LogP contribution in [0.1, 0.15) is 26.3 Å². The van der Waals surface area contributed by atoms with Crippen molar-refractivity contribution in [1.29, 1.82) is 0 Å². The molecular weight excluding hydrogens is 488 g/mol. The lowest BCUT2D eigenvalue weighted by Crippen LogP contribution is -2.48. The summed E-state index contributed by atoms with van der Waals surface area (Å²) in [6.07, 6.45) is 1.63. The number of amides is 1. The van der Waals surface area contributed by atoms with Crippen LogP contribution in [-0.2, 0) is 11.3 Å². The van der Waals surface area contributed by atoms with E-state index in [0.717, 1.165) is 5.56 Å². The van der Waals surface area contributed by atoms with Crippen LogP contribution < -0.4 is 20.7 Å². The van der Waals surface area contributed by atoms with Gasteiger partial charge in [0.2, 0.25) is 11.8 Å². The van der Waals surface area contributed by atoms with E-state index in [2.05, 4.69) is 25.9 Å². The van der Waals surface area contributed by atoms with E-state index >= 15 is 0 Å². The molecule has 0 fully saturated rings. The molecule has 0 bridgehead atoms. The fraction of sp³-hybridized carbons (Fsp3) is 0.350. The molecule has 0 saturated carbocycles.